The van der Waals surface area contributed by atoms with Crippen LogP contribution in [0.4, 0.5) is 0 Å². The highest BCUT2D eigenvalue weighted by Crippen LogP contribution is 2.35. The zero-order valence-electron chi connectivity index (χ0n) is 15.7. The van der Waals surface area contributed by atoms with Crippen molar-refractivity contribution >= 4 is 5.91 Å². The number of carbonyl (C=O) groups is 1. The number of nitrogens with zero attached hydrogens (tertiary/aromatic N) is 5. The second-order valence-electron chi connectivity index (χ2n) is 7.76. The Hall–Kier alpha value is -3.00. The molecule has 0 atom stereocenters. The Morgan fingerprint density at radius 1 is 1.21 bits per heavy atom. The van der Waals surface area contributed by atoms with Gasteiger partial charge >= 0.3 is 0 Å². The van der Waals surface area contributed by atoms with Crippen LogP contribution < -0.4 is 5.32 Å². The number of amides is 1. The maximum atomic E-state index is 12.5. The normalized spacial score (nSPS) is 22.5. The number of rotatable bonds is 5. The fraction of sp³-hybridized carbons (Fsp3) is 0.400. The van der Waals surface area contributed by atoms with Gasteiger partial charge in [0.25, 0.3) is 5.91 Å². The Bertz CT molecular complexity index is 970. The third kappa shape index (κ3) is 3.09. The Labute approximate surface area is 162 Å². The lowest BCUT2D eigenvalue weighted by molar-refractivity contribution is 0.0845. The molecule has 2 fully saturated rings. The van der Waals surface area contributed by atoms with E-state index >= 15 is 0 Å². The molecule has 28 heavy (non-hydrogen) atoms. The molecule has 1 amide bonds. The van der Waals surface area contributed by atoms with E-state index in [0.29, 0.717) is 17.7 Å². The van der Waals surface area contributed by atoms with Crippen molar-refractivity contribution in [3.8, 4) is 11.3 Å². The van der Waals surface area contributed by atoms with Crippen LogP contribution in [0.3, 0.4) is 0 Å². The Kier molecular flexibility index (Phi) is 4.20. The maximum Gasteiger partial charge on any atom is 0.290 e. The molecule has 144 valence electrons. The first-order valence-electron chi connectivity index (χ1n) is 9.59. The highest BCUT2D eigenvalue weighted by Gasteiger charge is 2.37. The van der Waals surface area contributed by atoms with Crippen molar-refractivity contribution in [1.29, 1.82) is 0 Å². The van der Waals surface area contributed by atoms with Crippen LogP contribution in [0.2, 0.25) is 0 Å². The summed E-state index contributed by atoms with van der Waals surface area (Å²) in [5.74, 6) is 0.526. The number of aromatic nitrogens is 4. The zero-order valence-corrected chi connectivity index (χ0v) is 15.7. The first kappa shape index (κ1) is 17.1. The standard InChI is InChI=1S/C20H22N6O2/c1-25-11-14(12-25)18-10-21-24-26(18)16-7-15(8-16)22-20(27)19-9-17(23-28-19)13-5-3-2-4-6-13/h2-6,9-10,14-16H,7-8,11-12H2,1H3,(H,22,27)/t15-,16-. The predicted octanol–water partition coefficient (Wildman–Crippen LogP) is 2.10. The Morgan fingerprint density at radius 2 is 2.00 bits per heavy atom. The highest BCUT2D eigenvalue weighted by molar-refractivity contribution is 5.92. The zero-order chi connectivity index (χ0) is 19.1. The van der Waals surface area contributed by atoms with Gasteiger partial charge in [-0.05, 0) is 19.9 Å². The summed E-state index contributed by atoms with van der Waals surface area (Å²) in [7, 11) is 2.12. The van der Waals surface area contributed by atoms with Crippen molar-refractivity contribution in [3.63, 3.8) is 0 Å². The largest absolute Gasteiger partial charge is 0.350 e. The topological polar surface area (TPSA) is 89.1 Å². The third-order valence-corrected chi connectivity index (χ3v) is 5.68. The quantitative estimate of drug-likeness (QED) is 0.731. The fourth-order valence-corrected chi connectivity index (χ4v) is 4.00. The summed E-state index contributed by atoms with van der Waals surface area (Å²) in [6, 6.07) is 11.8. The van der Waals surface area contributed by atoms with E-state index in [-0.39, 0.29) is 17.7 Å². The summed E-state index contributed by atoms with van der Waals surface area (Å²) in [4.78, 5) is 14.8. The van der Waals surface area contributed by atoms with Crippen LogP contribution in [0.15, 0.2) is 47.1 Å². The molecule has 0 spiro atoms. The molecule has 8 heteroatoms. The van der Waals surface area contributed by atoms with Gasteiger partial charge in [-0.1, -0.05) is 40.7 Å². The summed E-state index contributed by atoms with van der Waals surface area (Å²) in [6.07, 6.45) is 3.58. The number of likely N-dealkylation sites (N-methyl/N-ethyl adjacent to an activating group) is 1. The number of carbonyl (C=O) groups excluding carboxylic acids is 1. The van der Waals surface area contributed by atoms with Crippen LogP contribution in [0.5, 0.6) is 0 Å². The molecule has 2 aliphatic rings. The van der Waals surface area contributed by atoms with E-state index in [9.17, 15) is 4.79 Å². The van der Waals surface area contributed by atoms with Gasteiger partial charge in [0.2, 0.25) is 5.76 Å². The summed E-state index contributed by atoms with van der Waals surface area (Å²) < 4.78 is 7.28. The van der Waals surface area contributed by atoms with E-state index in [1.54, 1.807) is 6.07 Å². The Morgan fingerprint density at radius 3 is 2.75 bits per heavy atom. The van der Waals surface area contributed by atoms with Gasteiger partial charge < -0.3 is 14.7 Å². The molecule has 1 aliphatic heterocycles. The molecule has 8 nitrogen and oxygen atoms in total. The minimum absolute atomic E-state index is 0.115. The van der Waals surface area contributed by atoms with E-state index in [2.05, 4.69) is 32.7 Å². The van der Waals surface area contributed by atoms with E-state index < -0.39 is 0 Å². The van der Waals surface area contributed by atoms with Crippen LogP contribution >= 0.6 is 0 Å². The van der Waals surface area contributed by atoms with Crippen LogP contribution in [-0.4, -0.2) is 57.1 Å². The van der Waals surface area contributed by atoms with Crippen LogP contribution in [0.1, 0.15) is 41.1 Å². The minimum Gasteiger partial charge on any atom is -0.350 e. The van der Waals surface area contributed by atoms with E-state index in [1.807, 2.05) is 41.2 Å². The van der Waals surface area contributed by atoms with Crippen molar-refractivity contribution in [3.05, 3.63) is 54.0 Å². The molecule has 3 aromatic rings. The molecule has 1 N–H and O–H groups in total. The fourth-order valence-electron chi connectivity index (χ4n) is 4.00. The lowest BCUT2D eigenvalue weighted by Gasteiger charge is -2.40. The molecule has 1 aromatic carbocycles. The second-order valence-corrected chi connectivity index (χ2v) is 7.76. The summed E-state index contributed by atoms with van der Waals surface area (Å²) in [5, 5.41) is 15.4. The van der Waals surface area contributed by atoms with Crippen molar-refractivity contribution in [2.45, 2.75) is 30.8 Å². The van der Waals surface area contributed by atoms with Crippen molar-refractivity contribution < 1.29 is 9.32 Å². The predicted molar refractivity (Wildman–Crippen MR) is 102 cm³/mol. The maximum absolute atomic E-state index is 12.5. The number of likely N-dealkylation sites (tertiary alicyclic amines) is 1. The van der Waals surface area contributed by atoms with E-state index in [0.717, 1.165) is 31.5 Å². The SMILES string of the molecule is CN1CC(c2cnnn2[C@H]2C[C@H](NC(=O)c3cc(-c4ccccc4)no3)C2)C1. The first-order chi connectivity index (χ1) is 13.7. The van der Waals surface area contributed by atoms with Gasteiger partial charge in [-0.15, -0.1) is 5.10 Å². The monoisotopic (exact) mass is 378 g/mol. The number of hydrogen-bond donors (Lipinski definition) is 1. The van der Waals surface area contributed by atoms with Crippen molar-refractivity contribution in [2.24, 2.45) is 0 Å². The van der Waals surface area contributed by atoms with E-state index in [1.165, 1.54) is 5.69 Å². The number of benzene rings is 1. The van der Waals surface area contributed by atoms with Crippen molar-refractivity contribution in [2.75, 3.05) is 20.1 Å². The summed E-state index contributed by atoms with van der Waals surface area (Å²) in [5.41, 5.74) is 2.79. The molecule has 1 saturated carbocycles. The average molecular weight is 378 g/mol. The molecule has 1 saturated heterocycles. The third-order valence-electron chi connectivity index (χ3n) is 5.68. The molecule has 0 unspecified atom stereocenters. The van der Waals surface area contributed by atoms with Crippen LogP contribution in [0, 0.1) is 0 Å². The number of nitrogens with one attached hydrogen (secondary N) is 1. The first-order valence-corrected chi connectivity index (χ1v) is 9.59. The molecule has 0 radical (unpaired) electrons. The molecule has 0 bridgehead atoms. The molecular formula is C20H22N6O2. The smallest absolute Gasteiger partial charge is 0.290 e. The van der Waals surface area contributed by atoms with Gasteiger partial charge in [-0.2, -0.15) is 0 Å². The lowest BCUT2D eigenvalue weighted by atomic mass is 9.85. The second kappa shape index (κ2) is 6.87. The van der Waals surface area contributed by atoms with Gasteiger partial charge in [0, 0.05) is 36.7 Å². The molecular weight excluding hydrogens is 356 g/mol. The van der Waals surface area contributed by atoms with Gasteiger partial charge in [0.15, 0.2) is 0 Å². The van der Waals surface area contributed by atoms with Crippen molar-refractivity contribution in [1.82, 2.24) is 30.4 Å². The van der Waals surface area contributed by atoms with Crippen LogP contribution in [-0.2, 0) is 0 Å². The van der Waals surface area contributed by atoms with Gasteiger partial charge in [0.1, 0.15) is 5.69 Å². The summed E-state index contributed by atoms with van der Waals surface area (Å²) >= 11 is 0. The molecule has 2 aromatic heterocycles. The van der Waals surface area contributed by atoms with Gasteiger partial charge in [-0.25, -0.2) is 4.68 Å². The van der Waals surface area contributed by atoms with E-state index in [4.69, 9.17) is 4.52 Å². The Balaban J connectivity index is 1.18. The minimum atomic E-state index is -0.224. The lowest BCUT2D eigenvalue weighted by Crippen LogP contribution is -2.47. The van der Waals surface area contributed by atoms with Gasteiger partial charge in [0.05, 0.1) is 17.9 Å². The average Bonchev–Trinajstić information content (AvgIpc) is 3.32. The molecule has 3 heterocycles. The molecule has 5 rings (SSSR count). The number of hydrogen-bond acceptors (Lipinski definition) is 6. The molecule has 1 aliphatic carbocycles. The summed E-state index contributed by atoms with van der Waals surface area (Å²) in [6.45, 7) is 2.10. The van der Waals surface area contributed by atoms with Crippen LogP contribution in [0.25, 0.3) is 11.3 Å². The highest BCUT2D eigenvalue weighted by atomic mass is 16.5. The van der Waals surface area contributed by atoms with Gasteiger partial charge in [-0.3, -0.25) is 4.79 Å².